The van der Waals surface area contributed by atoms with Crippen LogP contribution < -0.4 is 4.74 Å². The lowest BCUT2D eigenvalue weighted by Gasteiger charge is -2.49. The Kier molecular flexibility index (Phi) is 5.63. The first-order valence-electron chi connectivity index (χ1n) is 9.43. The molecule has 1 fully saturated rings. The van der Waals surface area contributed by atoms with Crippen molar-refractivity contribution in [3.8, 4) is 5.75 Å². The minimum atomic E-state index is -0.604. The number of nitrogens with zero attached hydrogens (tertiary/aromatic N) is 3. The summed E-state index contributed by atoms with van der Waals surface area (Å²) >= 11 is 0. The summed E-state index contributed by atoms with van der Waals surface area (Å²) in [5.41, 5.74) is 0.235. The highest BCUT2D eigenvalue weighted by Crippen LogP contribution is 2.40. The van der Waals surface area contributed by atoms with Crippen LogP contribution in [0.15, 0.2) is 64.8 Å². The monoisotopic (exact) mass is 380 g/mol. The van der Waals surface area contributed by atoms with Crippen LogP contribution in [0.1, 0.15) is 40.5 Å². The fourth-order valence-electron chi connectivity index (χ4n) is 3.82. The number of carbonyl (C=O) groups excluding carboxylic acids is 1. The number of rotatable bonds is 4. The van der Waals surface area contributed by atoms with Gasteiger partial charge in [-0.25, -0.2) is 0 Å². The molecule has 1 aliphatic rings. The van der Waals surface area contributed by atoms with Crippen LogP contribution in [0.2, 0.25) is 0 Å². The van der Waals surface area contributed by atoms with E-state index in [1.807, 2.05) is 58.0 Å². The van der Waals surface area contributed by atoms with Gasteiger partial charge in [0.25, 0.3) is 0 Å². The van der Waals surface area contributed by atoms with E-state index in [-0.39, 0.29) is 11.9 Å². The lowest BCUT2D eigenvalue weighted by atomic mass is 9.75. The third kappa shape index (κ3) is 4.64. The molecule has 1 radical (unpaired) electrons. The molecule has 0 saturated carbocycles. The van der Waals surface area contributed by atoms with Gasteiger partial charge in [0.05, 0.1) is 17.3 Å². The Hall–Kier alpha value is -2.57. The number of benzene rings is 2. The van der Waals surface area contributed by atoms with E-state index in [1.54, 1.807) is 24.3 Å². The lowest BCUT2D eigenvalue weighted by molar-refractivity contribution is -0.293. The Morgan fingerprint density at radius 3 is 1.93 bits per heavy atom. The zero-order chi connectivity index (χ0) is 20.4. The maximum atomic E-state index is 12.7. The van der Waals surface area contributed by atoms with Crippen molar-refractivity contribution in [3.63, 3.8) is 0 Å². The average Bonchev–Trinajstić information content (AvgIpc) is 2.66. The maximum absolute atomic E-state index is 12.7. The van der Waals surface area contributed by atoms with Crippen LogP contribution in [0.3, 0.4) is 0 Å². The summed E-state index contributed by atoms with van der Waals surface area (Å²) in [6.45, 7) is 7.48. The molecule has 6 heteroatoms. The summed E-state index contributed by atoms with van der Waals surface area (Å²) in [7, 11) is 0. The quantitative estimate of drug-likeness (QED) is 0.392. The normalized spacial score (nSPS) is 19.6. The largest absolute Gasteiger partial charge is 0.426 e. The third-order valence-corrected chi connectivity index (χ3v) is 5.02. The first kappa shape index (κ1) is 20.2. The average molecular weight is 380 g/mol. The summed E-state index contributed by atoms with van der Waals surface area (Å²) in [6.07, 6.45) is 0.949. The van der Waals surface area contributed by atoms with Gasteiger partial charge in [0.15, 0.2) is 0 Å². The van der Waals surface area contributed by atoms with Gasteiger partial charge in [-0.2, -0.15) is 10.2 Å². The highest BCUT2D eigenvalue weighted by atomic mass is 16.5. The van der Waals surface area contributed by atoms with Gasteiger partial charge in [-0.15, -0.1) is 10.3 Å². The number of hydrogen-bond acceptors (Lipinski definition) is 5. The van der Waals surface area contributed by atoms with Crippen LogP contribution in [-0.4, -0.2) is 22.1 Å². The SMILES string of the molecule is CC1(C)CC(C(=O)Oc2ccc(N=Nc3ccccc3)cc2)CC(C)(C)N1[O]. The van der Waals surface area contributed by atoms with E-state index >= 15 is 0 Å². The highest BCUT2D eigenvalue weighted by Gasteiger charge is 2.48. The van der Waals surface area contributed by atoms with E-state index in [1.165, 1.54) is 0 Å². The van der Waals surface area contributed by atoms with Crippen LogP contribution in [0.25, 0.3) is 0 Å². The van der Waals surface area contributed by atoms with Gasteiger partial charge in [0.1, 0.15) is 5.75 Å². The molecule has 0 spiro atoms. The number of piperidine rings is 1. The molecule has 1 saturated heterocycles. The van der Waals surface area contributed by atoms with E-state index in [2.05, 4.69) is 10.2 Å². The van der Waals surface area contributed by atoms with Crippen LogP contribution in [0.5, 0.6) is 5.75 Å². The Balaban J connectivity index is 1.64. The summed E-state index contributed by atoms with van der Waals surface area (Å²) < 4.78 is 5.56. The summed E-state index contributed by atoms with van der Waals surface area (Å²) in [5.74, 6) is -0.149. The Labute approximate surface area is 165 Å². The van der Waals surface area contributed by atoms with Gasteiger partial charge in [0.2, 0.25) is 0 Å². The van der Waals surface area contributed by atoms with Gasteiger partial charge in [0, 0.05) is 11.1 Å². The van der Waals surface area contributed by atoms with E-state index < -0.39 is 11.1 Å². The van der Waals surface area contributed by atoms with Gasteiger partial charge >= 0.3 is 5.97 Å². The number of azo groups is 1. The van der Waals surface area contributed by atoms with Gasteiger partial charge in [-0.1, -0.05) is 18.2 Å². The molecular weight excluding hydrogens is 354 g/mol. The Morgan fingerprint density at radius 2 is 1.39 bits per heavy atom. The lowest BCUT2D eigenvalue weighted by Crippen LogP contribution is -2.59. The molecule has 1 heterocycles. The summed E-state index contributed by atoms with van der Waals surface area (Å²) in [5, 5.41) is 21.9. The molecule has 0 bridgehead atoms. The zero-order valence-electron chi connectivity index (χ0n) is 16.8. The van der Waals surface area contributed by atoms with E-state index in [0.29, 0.717) is 24.3 Å². The molecule has 147 valence electrons. The standard InChI is InChI=1S/C22H26N3O3/c1-21(2)14-16(15-22(3,4)25(21)27)20(26)28-19-12-10-18(11-13-19)24-23-17-8-6-5-7-9-17/h5-13,16H,14-15H2,1-4H3. The van der Waals surface area contributed by atoms with Gasteiger partial charge < -0.3 is 4.74 Å². The molecule has 28 heavy (non-hydrogen) atoms. The molecular formula is C22H26N3O3. The van der Waals surface area contributed by atoms with Crippen molar-refractivity contribution in [1.29, 1.82) is 0 Å². The summed E-state index contributed by atoms with van der Waals surface area (Å²) in [6, 6.07) is 16.4. The van der Waals surface area contributed by atoms with E-state index in [4.69, 9.17) is 4.74 Å². The van der Waals surface area contributed by atoms with Crippen molar-refractivity contribution in [2.24, 2.45) is 16.1 Å². The molecule has 2 aromatic rings. The molecule has 0 atom stereocenters. The zero-order valence-corrected chi connectivity index (χ0v) is 16.8. The smallest absolute Gasteiger partial charge is 0.314 e. The van der Waals surface area contributed by atoms with Crippen LogP contribution >= 0.6 is 0 Å². The van der Waals surface area contributed by atoms with Crippen molar-refractivity contribution >= 4 is 17.3 Å². The van der Waals surface area contributed by atoms with Crippen molar-refractivity contribution in [2.45, 2.75) is 51.6 Å². The number of hydroxylamine groups is 2. The molecule has 0 aliphatic carbocycles. The maximum Gasteiger partial charge on any atom is 0.314 e. The molecule has 3 rings (SSSR count). The van der Waals surface area contributed by atoms with E-state index in [0.717, 1.165) is 10.8 Å². The predicted octanol–water partition coefficient (Wildman–Crippen LogP) is 5.62. The van der Waals surface area contributed by atoms with Crippen molar-refractivity contribution < 1.29 is 14.7 Å². The molecule has 2 aromatic carbocycles. The third-order valence-electron chi connectivity index (χ3n) is 5.02. The van der Waals surface area contributed by atoms with Crippen molar-refractivity contribution in [2.75, 3.05) is 0 Å². The molecule has 6 nitrogen and oxygen atoms in total. The van der Waals surface area contributed by atoms with Gasteiger partial charge in [-0.3, -0.25) is 4.79 Å². The number of esters is 1. The first-order chi connectivity index (χ1) is 13.2. The fourth-order valence-corrected chi connectivity index (χ4v) is 3.82. The predicted molar refractivity (Wildman–Crippen MR) is 106 cm³/mol. The van der Waals surface area contributed by atoms with Crippen LogP contribution in [0, 0.1) is 5.92 Å². The molecule has 1 aliphatic heterocycles. The Bertz CT molecular complexity index is 827. The second-order valence-electron chi connectivity index (χ2n) is 8.47. The summed E-state index contributed by atoms with van der Waals surface area (Å²) in [4.78, 5) is 12.7. The Morgan fingerprint density at radius 1 is 0.893 bits per heavy atom. The molecule has 0 amide bonds. The van der Waals surface area contributed by atoms with Crippen LogP contribution in [-0.2, 0) is 10.0 Å². The molecule has 0 N–H and O–H groups in total. The number of ether oxygens (including phenoxy) is 1. The van der Waals surface area contributed by atoms with Crippen molar-refractivity contribution in [3.05, 3.63) is 54.6 Å². The number of hydrogen-bond donors (Lipinski definition) is 0. The van der Waals surface area contributed by atoms with Crippen LogP contribution in [0.4, 0.5) is 11.4 Å². The second kappa shape index (κ2) is 7.81. The minimum absolute atomic E-state index is 0.298. The minimum Gasteiger partial charge on any atom is -0.426 e. The first-order valence-corrected chi connectivity index (χ1v) is 9.43. The second-order valence-corrected chi connectivity index (χ2v) is 8.47. The van der Waals surface area contributed by atoms with Crippen molar-refractivity contribution in [1.82, 2.24) is 5.06 Å². The fraction of sp³-hybridized carbons (Fsp3) is 0.409. The number of carbonyl (C=O) groups is 1. The molecule has 0 aromatic heterocycles. The van der Waals surface area contributed by atoms with Gasteiger partial charge in [-0.05, 0) is 76.9 Å². The topological polar surface area (TPSA) is 74.2 Å². The highest BCUT2D eigenvalue weighted by molar-refractivity contribution is 5.75. The van der Waals surface area contributed by atoms with E-state index in [9.17, 15) is 10.0 Å². The molecule has 0 unspecified atom stereocenters.